The largest absolute Gasteiger partial charge is 0.493 e. The molecule has 6 nitrogen and oxygen atoms in total. The molecule has 0 aliphatic heterocycles. The molecule has 4 rings (SSSR count). The topological polar surface area (TPSA) is 83.4 Å². The number of methoxy groups -OCH3 is 1. The monoisotopic (exact) mass is 348 g/mol. The Hall–Kier alpha value is -2.91. The fraction of sp³-hybridized carbons (Fsp3) is 0.350. The molecule has 0 spiro atoms. The van der Waals surface area contributed by atoms with Crippen molar-refractivity contribution in [2.75, 3.05) is 13.7 Å². The first kappa shape index (κ1) is 16.6. The van der Waals surface area contributed by atoms with Gasteiger partial charge in [-0.15, -0.1) is 5.10 Å². The lowest BCUT2D eigenvalue weighted by Crippen LogP contribution is -2.10. The van der Waals surface area contributed by atoms with Crippen LogP contribution in [-0.4, -0.2) is 33.4 Å². The summed E-state index contributed by atoms with van der Waals surface area (Å²) in [5.74, 6) is 1.48. The summed E-state index contributed by atoms with van der Waals surface area (Å²) < 4.78 is 7.28. The van der Waals surface area contributed by atoms with Crippen molar-refractivity contribution in [2.24, 2.45) is 0 Å². The first-order valence-electron chi connectivity index (χ1n) is 8.76. The van der Waals surface area contributed by atoms with Crippen molar-refractivity contribution in [3.05, 3.63) is 47.8 Å². The van der Waals surface area contributed by atoms with Gasteiger partial charge in [-0.3, -0.25) is 0 Å². The maximum Gasteiger partial charge on any atom is 0.198 e. The highest BCUT2D eigenvalue weighted by Crippen LogP contribution is 2.50. The molecule has 2 heterocycles. The van der Waals surface area contributed by atoms with Crippen LogP contribution in [0.2, 0.25) is 0 Å². The molecule has 0 atom stereocenters. The van der Waals surface area contributed by atoms with Crippen molar-refractivity contribution < 1.29 is 9.84 Å². The van der Waals surface area contributed by atoms with E-state index in [0.717, 1.165) is 42.8 Å². The van der Waals surface area contributed by atoms with Crippen LogP contribution < -0.4 is 4.74 Å². The molecule has 0 radical (unpaired) electrons. The lowest BCUT2D eigenvalue weighted by Gasteiger charge is -2.09. The minimum Gasteiger partial charge on any atom is -0.493 e. The Morgan fingerprint density at radius 2 is 2.15 bits per heavy atom. The number of aliphatic hydroxyl groups is 1. The molecule has 3 aromatic rings. The Balaban J connectivity index is 1.86. The van der Waals surface area contributed by atoms with E-state index in [1.807, 2.05) is 34.8 Å². The van der Waals surface area contributed by atoms with Crippen molar-refractivity contribution in [1.82, 2.24) is 14.6 Å². The van der Waals surface area contributed by atoms with Gasteiger partial charge in [-0.25, -0.2) is 9.50 Å². The van der Waals surface area contributed by atoms with E-state index < -0.39 is 0 Å². The van der Waals surface area contributed by atoms with E-state index in [0.29, 0.717) is 17.0 Å². The SMILES string of the molecule is COc1ccc(-c2cccc(C#N)c2)n2nc(C3(CCCO)CC3)nc12. The highest BCUT2D eigenvalue weighted by atomic mass is 16.5. The molecule has 1 fully saturated rings. The van der Waals surface area contributed by atoms with Gasteiger partial charge in [0, 0.05) is 17.6 Å². The fourth-order valence-corrected chi connectivity index (χ4v) is 3.44. The van der Waals surface area contributed by atoms with Crippen molar-refractivity contribution >= 4 is 5.65 Å². The number of hydrogen-bond donors (Lipinski definition) is 1. The molecule has 0 saturated heterocycles. The van der Waals surface area contributed by atoms with Gasteiger partial charge in [-0.2, -0.15) is 5.26 Å². The van der Waals surface area contributed by atoms with Crippen LogP contribution in [0.3, 0.4) is 0 Å². The summed E-state index contributed by atoms with van der Waals surface area (Å²) in [5.41, 5.74) is 3.04. The van der Waals surface area contributed by atoms with Crippen LogP contribution in [0, 0.1) is 11.3 Å². The maximum absolute atomic E-state index is 9.18. The molecule has 132 valence electrons. The maximum atomic E-state index is 9.18. The Kier molecular flexibility index (Phi) is 4.09. The van der Waals surface area contributed by atoms with Crippen molar-refractivity contribution in [3.8, 4) is 23.1 Å². The zero-order valence-electron chi connectivity index (χ0n) is 14.6. The second-order valence-corrected chi connectivity index (χ2v) is 6.76. The molecule has 0 unspecified atom stereocenters. The summed E-state index contributed by atoms with van der Waals surface area (Å²) in [6, 6.07) is 13.5. The summed E-state index contributed by atoms with van der Waals surface area (Å²) in [4.78, 5) is 4.78. The highest BCUT2D eigenvalue weighted by Gasteiger charge is 2.47. The molecule has 2 aromatic heterocycles. The summed E-state index contributed by atoms with van der Waals surface area (Å²) in [5, 5.41) is 23.2. The molecule has 26 heavy (non-hydrogen) atoms. The Bertz CT molecular complexity index is 999. The van der Waals surface area contributed by atoms with Gasteiger partial charge in [0.15, 0.2) is 17.2 Å². The average molecular weight is 348 g/mol. The predicted molar refractivity (Wildman–Crippen MR) is 96.9 cm³/mol. The van der Waals surface area contributed by atoms with Crippen molar-refractivity contribution in [1.29, 1.82) is 5.26 Å². The average Bonchev–Trinajstić information content (AvgIpc) is 3.34. The highest BCUT2D eigenvalue weighted by molar-refractivity contribution is 5.68. The quantitative estimate of drug-likeness (QED) is 0.740. The fourth-order valence-electron chi connectivity index (χ4n) is 3.44. The number of aliphatic hydroxyl groups excluding tert-OH is 1. The zero-order chi connectivity index (χ0) is 18.1. The molecular weight excluding hydrogens is 328 g/mol. The van der Waals surface area contributed by atoms with Gasteiger partial charge >= 0.3 is 0 Å². The van der Waals surface area contributed by atoms with Gasteiger partial charge in [-0.1, -0.05) is 12.1 Å². The molecular formula is C20H20N4O2. The number of nitriles is 1. The van der Waals surface area contributed by atoms with Crippen LogP contribution in [0.4, 0.5) is 0 Å². The van der Waals surface area contributed by atoms with E-state index in [4.69, 9.17) is 14.8 Å². The van der Waals surface area contributed by atoms with Gasteiger partial charge in [0.1, 0.15) is 0 Å². The zero-order valence-corrected chi connectivity index (χ0v) is 14.6. The number of fused-ring (bicyclic) bond motifs is 1. The van der Waals surface area contributed by atoms with Crippen LogP contribution in [-0.2, 0) is 5.41 Å². The number of benzene rings is 1. The minimum absolute atomic E-state index is 0.0223. The predicted octanol–water partition coefficient (Wildman–Crippen LogP) is 3.08. The molecule has 1 aliphatic rings. The number of aromatic nitrogens is 3. The van der Waals surface area contributed by atoms with Crippen LogP contribution in [0.25, 0.3) is 16.9 Å². The third-order valence-corrected chi connectivity index (χ3v) is 5.10. The number of pyridine rings is 1. The Morgan fingerprint density at radius 1 is 1.31 bits per heavy atom. The molecule has 1 aliphatic carbocycles. The normalized spacial score (nSPS) is 15.0. The van der Waals surface area contributed by atoms with Crippen LogP contribution >= 0.6 is 0 Å². The van der Waals surface area contributed by atoms with E-state index in [-0.39, 0.29) is 12.0 Å². The van der Waals surface area contributed by atoms with Gasteiger partial charge in [0.25, 0.3) is 0 Å². The first-order chi connectivity index (χ1) is 12.7. The summed E-state index contributed by atoms with van der Waals surface area (Å²) in [7, 11) is 1.62. The van der Waals surface area contributed by atoms with E-state index in [1.165, 1.54) is 0 Å². The van der Waals surface area contributed by atoms with Crippen LogP contribution in [0.5, 0.6) is 5.75 Å². The molecule has 0 bridgehead atoms. The van der Waals surface area contributed by atoms with Gasteiger partial charge < -0.3 is 9.84 Å². The molecule has 1 N–H and O–H groups in total. The molecule has 1 saturated carbocycles. The molecule has 0 amide bonds. The summed E-state index contributed by atoms with van der Waals surface area (Å²) in [6.07, 6.45) is 3.74. The second-order valence-electron chi connectivity index (χ2n) is 6.76. The number of hydrogen-bond acceptors (Lipinski definition) is 5. The number of rotatable bonds is 6. The lowest BCUT2D eigenvalue weighted by atomic mass is 10.00. The number of ether oxygens (including phenoxy) is 1. The second kappa shape index (κ2) is 6.43. The molecule has 1 aromatic carbocycles. The van der Waals surface area contributed by atoms with Crippen LogP contribution in [0.15, 0.2) is 36.4 Å². The third kappa shape index (κ3) is 2.71. The molecule has 6 heteroatoms. The first-order valence-corrected chi connectivity index (χ1v) is 8.76. The van der Waals surface area contributed by atoms with Gasteiger partial charge in [0.2, 0.25) is 0 Å². The Morgan fingerprint density at radius 3 is 2.85 bits per heavy atom. The van der Waals surface area contributed by atoms with E-state index in [1.54, 1.807) is 13.2 Å². The third-order valence-electron chi connectivity index (χ3n) is 5.10. The number of nitrogens with zero attached hydrogens (tertiary/aromatic N) is 4. The van der Waals surface area contributed by atoms with Crippen molar-refractivity contribution in [3.63, 3.8) is 0 Å². The van der Waals surface area contributed by atoms with E-state index >= 15 is 0 Å². The summed E-state index contributed by atoms with van der Waals surface area (Å²) >= 11 is 0. The minimum atomic E-state index is -0.0223. The van der Waals surface area contributed by atoms with Crippen molar-refractivity contribution in [2.45, 2.75) is 31.1 Å². The van der Waals surface area contributed by atoms with E-state index in [9.17, 15) is 10.4 Å². The van der Waals surface area contributed by atoms with Gasteiger partial charge in [-0.05, 0) is 49.9 Å². The standard InChI is InChI=1S/C20H20N4O2/c1-26-17-7-6-16(15-5-2-4-14(12-15)13-21)24-18(17)22-19(23-24)20(9-10-20)8-3-11-25/h2,4-7,12,25H,3,8-11H2,1H3. The smallest absolute Gasteiger partial charge is 0.198 e. The summed E-state index contributed by atoms with van der Waals surface area (Å²) in [6.45, 7) is 0.185. The van der Waals surface area contributed by atoms with E-state index in [2.05, 4.69) is 6.07 Å². The van der Waals surface area contributed by atoms with Crippen LogP contribution in [0.1, 0.15) is 37.1 Å². The van der Waals surface area contributed by atoms with Gasteiger partial charge in [0.05, 0.1) is 24.4 Å². The Labute approximate surface area is 151 Å². The lowest BCUT2D eigenvalue weighted by molar-refractivity contribution is 0.276.